The topological polar surface area (TPSA) is 29.5 Å². The lowest BCUT2D eigenvalue weighted by Gasteiger charge is -2.64. The first-order chi connectivity index (χ1) is 11.2. The van der Waals surface area contributed by atoms with E-state index in [1.165, 1.54) is 24.8 Å². The molecule has 2 heterocycles. The SMILES string of the molecule is C[C@H](Cc1ccccc1)C(=O)N1CC2(CCC2)C1C1CCCO1. The second-order valence-electron chi connectivity index (χ2n) is 7.77. The van der Waals surface area contributed by atoms with Gasteiger partial charge in [0.25, 0.3) is 0 Å². The van der Waals surface area contributed by atoms with E-state index >= 15 is 0 Å². The summed E-state index contributed by atoms with van der Waals surface area (Å²) in [5.74, 6) is 0.380. The molecule has 2 unspecified atom stereocenters. The summed E-state index contributed by atoms with van der Waals surface area (Å²) >= 11 is 0. The first kappa shape index (κ1) is 15.2. The van der Waals surface area contributed by atoms with E-state index in [9.17, 15) is 4.79 Å². The van der Waals surface area contributed by atoms with E-state index < -0.39 is 0 Å². The zero-order valence-electron chi connectivity index (χ0n) is 14.0. The summed E-state index contributed by atoms with van der Waals surface area (Å²) < 4.78 is 5.97. The molecule has 3 nitrogen and oxygen atoms in total. The number of hydrogen-bond donors (Lipinski definition) is 0. The van der Waals surface area contributed by atoms with Crippen LogP contribution in [0, 0.1) is 11.3 Å². The van der Waals surface area contributed by atoms with Crippen LogP contribution in [0.4, 0.5) is 0 Å². The fraction of sp³-hybridized carbons (Fsp3) is 0.650. The van der Waals surface area contributed by atoms with Crippen LogP contribution in [0.5, 0.6) is 0 Å². The summed E-state index contributed by atoms with van der Waals surface area (Å²) in [6.45, 7) is 3.92. The van der Waals surface area contributed by atoms with E-state index in [4.69, 9.17) is 4.74 Å². The van der Waals surface area contributed by atoms with Crippen LogP contribution < -0.4 is 0 Å². The molecule has 0 N–H and O–H groups in total. The summed E-state index contributed by atoms with van der Waals surface area (Å²) in [5, 5.41) is 0. The number of carbonyl (C=O) groups excluding carboxylic acids is 1. The molecule has 2 aliphatic heterocycles. The number of likely N-dealkylation sites (tertiary alicyclic amines) is 1. The Balaban J connectivity index is 1.45. The van der Waals surface area contributed by atoms with E-state index in [-0.39, 0.29) is 12.0 Å². The maximum Gasteiger partial charge on any atom is 0.226 e. The molecule has 3 atom stereocenters. The molecular weight excluding hydrogens is 286 g/mol. The molecule has 124 valence electrons. The highest BCUT2D eigenvalue weighted by molar-refractivity contribution is 5.80. The first-order valence-electron chi connectivity index (χ1n) is 9.16. The monoisotopic (exact) mass is 313 g/mol. The Morgan fingerprint density at radius 3 is 2.70 bits per heavy atom. The minimum absolute atomic E-state index is 0.0544. The Labute approximate surface area is 139 Å². The van der Waals surface area contributed by atoms with Crippen LogP contribution in [-0.2, 0) is 16.0 Å². The Morgan fingerprint density at radius 2 is 2.09 bits per heavy atom. The fourth-order valence-corrected chi connectivity index (χ4v) is 4.83. The van der Waals surface area contributed by atoms with Crippen LogP contribution in [0.3, 0.4) is 0 Å². The molecule has 1 aromatic carbocycles. The van der Waals surface area contributed by atoms with Crippen molar-refractivity contribution in [1.29, 1.82) is 0 Å². The summed E-state index contributed by atoms with van der Waals surface area (Å²) in [6.07, 6.45) is 7.30. The number of rotatable bonds is 4. The summed E-state index contributed by atoms with van der Waals surface area (Å²) in [5.41, 5.74) is 1.65. The molecule has 23 heavy (non-hydrogen) atoms. The van der Waals surface area contributed by atoms with Gasteiger partial charge in [0.2, 0.25) is 5.91 Å². The van der Waals surface area contributed by atoms with Crippen LogP contribution >= 0.6 is 0 Å². The third-order valence-electron chi connectivity index (χ3n) is 6.20. The highest BCUT2D eigenvalue weighted by Gasteiger charge is 2.60. The highest BCUT2D eigenvalue weighted by atomic mass is 16.5. The van der Waals surface area contributed by atoms with E-state index in [1.54, 1.807) is 0 Å². The van der Waals surface area contributed by atoms with Crippen molar-refractivity contribution in [1.82, 2.24) is 4.90 Å². The predicted molar refractivity (Wildman–Crippen MR) is 90.1 cm³/mol. The van der Waals surface area contributed by atoms with E-state index in [0.717, 1.165) is 32.4 Å². The van der Waals surface area contributed by atoms with Gasteiger partial charge in [-0.2, -0.15) is 0 Å². The van der Waals surface area contributed by atoms with Gasteiger partial charge in [-0.1, -0.05) is 43.7 Å². The Bertz CT molecular complexity index is 560. The van der Waals surface area contributed by atoms with Gasteiger partial charge >= 0.3 is 0 Å². The second kappa shape index (κ2) is 5.94. The zero-order valence-corrected chi connectivity index (χ0v) is 14.0. The second-order valence-corrected chi connectivity index (χ2v) is 7.77. The van der Waals surface area contributed by atoms with Crippen molar-refractivity contribution in [3.05, 3.63) is 35.9 Å². The standard InChI is InChI=1S/C20H27NO2/c1-15(13-16-7-3-2-4-8-16)19(22)21-14-20(10-6-11-20)18(21)17-9-5-12-23-17/h2-4,7-8,15,17-18H,5-6,9-14H2,1H3/t15-,17?,18?/m1/s1. The van der Waals surface area contributed by atoms with Gasteiger partial charge < -0.3 is 9.64 Å². The summed E-state index contributed by atoms with van der Waals surface area (Å²) in [7, 11) is 0. The third-order valence-corrected chi connectivity index (χ3v) is 6.20. The molecule has 4 rings (SSSR count). The van der Waals surface area contributed by atoms with Crippen LogP contribution in [0.15, 0.2) is 30.3 Å². The van der Waals surface area contributed by atoms with Gasteiger partial charge in [0, 0.05) is 24.5 Å². The molecule has 1 saturated carbocycles. The van der Waals surface area contributed by atoms with Crippen molar-refractivity contribution in [2.75, 3.05) is 13.2 Å². The molecule has 1 amide bonds. The van der Waals surface area contributed by atoms with Crippen molar-refractivity contribution in [3.8, 4) is 0 Å². The highest BCUT2D eigenvalue weighted by Crippen LogP contribution is 2.55. The van der Waals surface area contributed by atoms with E-state index in [0.29, 0.717) is 17.4 Å². The molecule has 1 aliphatic carbocycles. The molecule has 3 heteroatoms. The van der Waals surface area contributed by atoms with Crippen LogP contribution in [0.25, 0.3) is 0 Å². The first-order valence-corrected chi connectivity index (χ1v) is 9.16. The van der Waals surface area contributed by atoms with Crippen molar-refractivity contribution in [3.63, 3.8) is 0 Å². The van der Waals surface area contributed by atoms with Gasteiger partial charge in [0.15, 0.2) is 0 Å². The van der Waals surface area contributed by atoms with Gasteiger partial charge in [-0.15, -0.1) is 0 Å². The van der Waals surface area contributed by atoms with Gasteiger partial charge in [-0.25, -0.2) is 0 Å². The molecule has 3 aliphatic rings. The molecule has 1 aromatic rings. The quantitative estimate of drug-likeness (QED) is 0.852. The maximum absolute atomic E-state index is 13.0. The molecule has 3 fully saturated rings. The molecule has 2 saturated heterocycles. The molecule has 0 aromatic heterocycles. The number of ether oxygens (including phenoxy) is 1. The van der Waals surface area contributed by atoms with E-state index in [2.05, 4.69) is 36.1 Å². The number of amides is 1. The Kier molecular flexibility index (Phi) is 3.92. The van der Waals surface area contributed by atoms with Gasteiger partial charge in [0.05, 0.1) is 12.1 Å². The fourth-order valence-electron chi connectivity index (χ4n) is 4.83. The van der Waals surface area contributed by atoms with Gasteiger partial charge in [0.1, 0.15) is 0 Å². The number of nitrogens with zero attached hydrogens (tertiary/aromatic N) is 1. The average Bonchev–Trinajstić information content (AvgIpc) is 2.99. The van der Waals surface area contributed by atoms with Crippen LogP contribution in [-0.4, -0.2) is 36.1 Å². The predicted octanol–water partition coefficient (Wildman–Crippen LogP) is 3.43. The average molecular weight is 313 g/mol. The van der Waals surface area contributed by atoms with Gasteiger partial charge in [-0.3, -0.25) is 4.79 Å². The normalized spacial score (nSPS) is 29.9. The van der Waals surface area contributed by atoms with Crippen molar-refractivity contribution in [2.45, 2.75) is 57.6 Å². The summed E-state index contributed by atoms with van der Waals surface area (Å²) in [4.78, 5) is 15.2. The van der Waals surface area contributed by atoms with Crippen molar-refractivity contribution < 1.29 is 9.53 Å². The lowest BCUT2D eigenvalue weighted by atomic mass is 9.56. The van der Waals surface area contributed by atoms with Crippen molar-refractivity contribution in [2.24, 2.45) is 11.3 Å². The minimum atomic E-state index is 0.0544. The smallest absolute Gasteiger partial charge is 0.226 e. The number of carbonyl (C=O) groups is 1. The zero-order chi connectivity index (χ0) is 15.9. The third kappa shape index (κ3) is 2.59. The molecular formula is C20H27NO2. The molecule has 0 radical (unpaired) electrons. The minimum Gasteiger partial charge on any atom is -0.376 e. The molecule has 1 spiro atoms. The Hall–Kier alpha value is -1.35. The van der Waals surface area contributed by atoms with Crippen molar-refractivity contribution >= 4 is 5.91 Å². The number of benzene rings is 1. The van der Waals surface area contributed by atoms with Crippen LogP contribution in [0.1, 0.15) is 44.6 Å². The summed E-state index contributed by atoms with van der Waals surface area (Å²) in [6, 6.07) is 10.7. The largest absolute Gasteiger partial charge is 0.376 e. The Morgan fingerprint density at radius 1 is 1.30 bits per heavy atom. The lowest BCUT2D eigenvalue weighted by Crippen LogP contribution is -2.73. The van der Waals surface area contributed by atoms with Gasteiger partial charge in [-0.05, 0) is 37.7 Å². The maximum atomic E-state index is 13.0. The van der Waals surface area contributed by atoms with E-state index in [1.807, 2.05) is 6.07 Å². The molecule has 0 bridgehead atoms. The number of hydrogen-bond acceptors (Lipinski definition) is 2. The lowest BCUT2D eigenvalue weighted by molar-refractivity contribution is -0.190. The van der Waals surface area contributed by atoms with Crippen LogP contribution in [0.2, 0.25) is 0 Å².